The van der Waals surface area contributed by atoms with Crippen LogP contribution in [0.2, 0.25) is 0 Å². The Labute approximate surface area is 374 Å². The molecular formula is C61H43N3. The van der Waals surface area contributed by atoms with E-state index >= 15 is 0 Å². The molecule has 1 aromatic heterocycles. The SMILES string of the molecule is c1ccc(-c2ccc(N(c3ccc(-c4cccc(-c5ccc6c(c5)nc(-c5ccccc5)n6-c5ccccc5)c4)cc3)c3ccc(-c4ccccc4)c(-c4ccccc4)c3)cc2)cc1. The minimum Gasteiger partial charge on any atom is -0.310 e. The smallest absolute Gasteiger partial charge is 0.145 e. The third-order valence-corrected chi connectivity index (χ3v) is 12.0. The molecule has 11 aromatic rings. The number of nitrogens with zero attached hydrogens (tertiary/aromatic N) is 3. The minimum atomic E-state index is 0.928. The van der Waals surface area contributed by atoms with Crippen LogP contribution in [0, 0.1) is 0 Å². The van der Waals surface area contributed by atoms with Crippen molar-refractivity contribution in [2.24, 2.45) is 0 Å². The van der Waals surface area contributed by atoms with Crippen LogP contribution in [-0.2, 0) is 0 Å². The van der Waals surface area contributed by atoms with Gasteiger partial charge in [0.05, 0.1) is 11.0 Å². The molecule has 0 spiro atoms. The number of anilines is 3. The van der Waals surface area contributed by atoms with Crippen molar-refractivity contribution in [2.45, 2.75) is 0 Å². The summed E-state index contributed by atoms with van der Waals surface area (Å²) in [5.41, 5.74) is 19.2. The molecule has 0 unspecified atom stereocenters. The van der Waals surface area contributed by atoms with Crippen LogP contribution in [0.4, 0.5) is 17.1 Å². The maximum Gasteiger partial charge on any atom is 0.145 e. The number of para-hydroxylation sites is 1. The first-order valence-electron chi connectivity index (χ1n) is 21.8. The summed E-state index contributed by atoms with van der Waals surface area (Å²) in [6.07, 6.45) is 0. The van der Waals surface area contributed by atoms with E-state index in [0.29, 0.717) is 0 Å². The zero-order chi connectivity index (χ0) is 42.7. The Balaban J connectivity index is 0.967. The largest absolute Gasteiger partial charge is 0.310 e. The fraction of sp³-hybridized carbons (Fsp3) is 0. The molecule has 64 heavy (non-hydrogen) atoms. The Morgan fingerprint density at radius 1 is 0.281 bits per heavy atom. The number of fused-ring (bicyclic) bond motifs is 1. The highest BCUT2D eigenvalue weighted by atomic mass is 15.1. The lowest BCUT2D eigenvalue weighted by Gasteiger charge is -2.27. The van der Waals surface area contributed by atoms with Crippen LogP contribution in [-0.4, -0.2) is 9.55 Å². The van der Waals surface area contributed by atoms with Crippen LogP contribution in [0.3, 0.4) is 0 Å². The van der Waals surface area contributed by atoms with Crippen LogP contribution in [0.15, 0.2) is 261 Å². The molecule has 3 nitrogen and oxygen atoms in total. The standard InChI is InChI=1S/C61H43N3/c1-6-17-44(18-7-1)45-29-34-54(35-30-45)63(56-38-39-57(47-19-8-2-9-20-47)58(43-56)48-21-10-3-11-22-48)55-36-31-46(32-37-55)50-25-16-26-51(41-50)52-33-40-60-59(42-52)62-61(49-23-12-4-13-24-49)64(60)53-27-14-5-15-28-53/h1-43H. The van der Waals surface area contributed by atoms with Gasteiger partial charge in [0.2, 0.25) is 0 Å². The Morgan fingerprint density at radius 2 is 0.703 bits per heavy atom. The number of imidazole rings is 1. The first-order chi connectivity index (χ1) is 31.7. The first-order valence-corrected chi connectivity index (χ1v) is 21.8. The number of benzene rings is 10. The summed E-state index contributed by atoms with van der Waals surface area (Å²) in [7, 11) is 0. The lowest BCUT2D eigenvalue weighted by molar-refractivity contribution is 1.10. The van der Waals surface area contributed by atoms with E-state index in [9.17, 15) is 0 Å². The van der Waals surface area contributed by atoms with Gasteiger partial charge < -0.3 is 4.90 Å². The summed E-state index contributed by atoms with van der Waals surface area (Å²) in [4.78, 5) is 7.59. The molecule has 0 N–H and O–H groups in total. The third-order valence-electron chi connectivity index (χ3n) is 12.0. The number of hydrogen-bond acceptors (Lipinski definition) is 2. The fourth-order valence-corrected chi connectivity index (χ4v) is 8.84. The average molecular weight is 818 g/mol. The van der Waals surface area contributed by atoms with Gasteiger partial charge in [0.1, 0.15) is 5.82 Å². The first kappa shape index (κ1) is 38.4. The highest BCUT2D eigenvalue weighted by Crippen LogP contribution is 2.42. The Kier molecular flexibility index (Phi) is 10.3. The molecule has 11 rings (SSSR count). The Hall–Kier alpha value is -8.53. The molecule has 0 bridgehead atoms. The van der Waals surface area contributed by atoms with Crippen molar-refractivity contribution in [3.63, 3.8) is 0 Å². The molecule has 0 radical (unpaired) electrons. The van der Waals surface area contributed by atoms with Gasteiger partial charge in [0.25, 0.3) is 0 Å². The van der Waals surface area contributed by atoms with E-state index in [1.807, 2.05) is 6.07 Å². The van der Waals surface area contributed by atoms with Gasteiger partial charge in [-0.1, -0.05) is 194 Å². The maximum absolute atomic E-state index is 5.22. The van der Waals surface area contributed by atoms with Gasteiger partial charge in [-0.05, 0) is 122 Å². The van der Waals surface area contributed by atoms with Gasteiger partial charge >= 0.3 is 0 Å². The normalized spacial score (nSPS) is 11.1. The zero-order valence-corrected chi connectivity index (χ0v) is 35.2. The van der Waals surface area contributed by atoms with Gasteiger partial charge in [0.15, 0.2) is 0 Å². The van der Waals surface area contributed by atoms with Gasteiger partial charge in [-0.2, -0.15) is 0 Å². The quantitative estimate of drug-likeness (QED) is 0.137. The molecule has 0 fully saturated rings. The molecule has 10 aromatic carbocycles. The van der Waals surface area contributed by atoms with Crippen molar-refractivity contribution in [1.29, 1.82) is 0 Å². The minimum absolute atomic E-state index is 0.928. The third kappa shape index (κ3) is 7.57. The van der Waals surface area contributed by atoms with E-state index in [-0.39, 0.29) is 0 Å². The van der Waals surface area contributed by atoms with E-state index in [2.05, 4.69) is 264 Å². The highest BCUT2D eigenvalue weighted by Gasteiger charge is 2.18. The molecule has 0 atom stereocenters. The number of rotatable bonds is 10. The second-order valence-corrected chi connectivity index (χ2v) is 16.0. The van der Waals surface area contributed by atoms with Crippen LogP contribution < -0.4 is 4.90 Å². The van der Waals surface area contributed by atoms with Crippen molar-refractivity contribution < 1.29 is 0 Å². The van der Waals surface area contributed by atoms with Crippen LogP contribution in [0.1, 0.15) is 0 Å². The monoisotopic (exact) mass is 817 g/mol. The molecule has 0 amide bonds. The second kappa shape index (κ2) is 17.1. The van der Waals surface area contributed by atoms with Gasteiger partial charge in [-0.3, -0.25) is 4.57 Å². The number of hydrogen-bond donors (Lipinski definition) is 0. The van der Waals surface area contributed by atoms with E-state index in [1.165, 1.54) is 33.4 Å². The summed E-state index contributed by atoms with van der Waals surface area (Å²) < 4.78 is 2.26. The predicted octanol–water partition coefficient (Wildman–Crippen LogP) is 16.5. The summed E-state index contributed by atoms with van der Waals surface area (Å²) in [5.74, 6) is 0.928. The van der Waals surface area contributed by atoms with Gasteiger partial charge in [-0.15, -0.1) is 0 Å². The van der Waals surface area contributed by atoms with Crippen molar-refractivity contribution >= 4 is 28.1 Å². The lowest BCUT2D eigenvalue weighted by Crippen LogP contribution is -2.10. The fourth-order valence-electron chi connectivity index (χ4n) is 8.84. The molecule has 0 aliphatic rings. The van der Waals surface area contributed by atoms with E-state index < -0.39 is 0 Å². The van der Waals surface area contributed by atoms with Crippen molar-refractivity contribution in [2.75, 3.05) is 4.90 Å². The Morgan fingerprint density at radius 3 is 1.30 bits per heavy atom. The lowest BCUT2D eigenvalue weighted by atomic mass is 9.93. The van der Waals surface area contributed by atoms with Crippen molar-refractivity contribution in [3.05, 3.63) is 261 Å². The van der Waals surface area contributed by atoms with Crippen molar-refractivity contribution in [1.82, 2.24) is 9.55 Å². The topological polar surface area (TPSA) is 21.1 Å². The molecule has 0 saturated heterocycles. The molecular weight excluding hydrogens is 775 g/mol. The van der Waals surface area contributed by atoms with Gasteiger partial charge in [-0.25, -0.2) is 4.98 Å². The van der Waals surface area contributed by atoms with Crippen LogP contribution in [0.25, 0.3) is 83.7 Å². The van der Waals surface area contributed by atoms with Crippen LogP contribution >= 0.6 is 0 Å². The highest BCUT2D eigenvalue weighted by molar-refractivity contribution is 5.91. The summed E-state index contributed by atoms with van der Waals surface area (Å²) in [6.45, 7) is 0. The van der Waals surface area contributed by atoms with Crippen molar-refractivity contribution in [3.8, 4) is 72.7 Å². The Bertz CT molecular complexity index is 3330. The van der Waals surface area contributed by atoms with Crippen LogP contribution in [0.5, 0.6) is 0 Å². The maximum atomic E-state index is 5.22. The summed E-state index contributed by atoms with van der Waals surface area (Å²) >= 11 is 0. The average Bonchev–Trinajstić information content (AvgIpc) is 3.77. The second-order valence-electron chi connectivity index (χ2n) is 16.0. The predicted molar refractivity (Wildman–Crippen MR) is 268 cm³/mol. The molecule has 302 valence electrons. The number of aromatic nitrogens is 2. The zero-order valence-electron chi connectivity index (χ0n) is 35.2. The molecule has 3 heteroatoms. The summed E-state index contributed by atoms with van der Waals surface area (Å²) in [5, 5.41) is 0. The van der Waals surface area contributed by atoms with Gasteiger partial charge in [0, 0.05) is 28.3 Å². The molecule has 0 aliphatic heterocycles. The van der Waals surface area contributed by atoms with E-state index in [1.54, 1.807) is 0 Å². The molecule has 1 heterocycles. The molecule has 0 aliphatic carbocycles. The van der Waals surface area contributed by atoms with E-state index in [0.717, 1.165) is 67.4 Å². The molecule has 0 saturated carbocycles. The summed E-state index contributed by atoms with van der Waals surface area (Å²) in [6, 6.07) is 93.1. The van der Waals surface area contributed by atoms with E-state index in [4.69, 9.17) is 4.98 Å².